The Kier molecular flexibility index (Phi) is 7.35. The van der Waals surface area contributed by atoms with Crippen LogP contribution in [0.15, 0.2) is 11.6 Å². The average Bonchev–Trinajstić information content (AvgIpc) is 3.43. The fourth-order valence-corrected chi connectivity index (χ4v) is 4.59. The summed E-state index contributed by atoms with van der Waals surface area (Å²) in [6.07, 6.45) is 2.30. The molecule has 30 heavy (non-hydrogen) atoms. The highest BCUT2D eigenvalue weighted by atomic mass is 32.1. The molecule has 2 saturated heterocycles. The molecule has 1 aliphatic carbocycles. The molecular weight excluding hydrogens is 423 g/mol. The van der Waals surface area contributed by atoms with Crippen LogP contribution in [0.5, 0.6) is 0 Å². The summed E-state index contributed by atoms with van der Waals surface area (Å²) in [6, 6.07) is 0.200. The van der Waals surface area contributed by atoms with Gasteiger partial charge in [-0.15, -0.1) is 11.3 Å². The van der Waals surface area contributed by atoms with Crippen LogP contribution in [0.2, 0.25) is 0 Å². The Morgan fingerprint density at radius 1 is 1.30 bits per heavy atom. The Morgan fingerprint density at radius 2 is 1.97 bits per heavy atom. The number of carboxylic acids is 1. The molecule has 1 aromatic heterocycles. The standard InChI is InChI=1S/C17H25N3O2S.C2HF3O2/c21-16(13-1-2-13)19-14-12-22-9-5-17(14)3-7-20(8-4-17)11-15-18-6-10-23-15;3-2(4,5)1(6)7/h6,10,13-14H,1-5,7-9,11-12H2,(H,19,21);(H,6,7). The van der Waals surface area contributed by atoms with Crippen LogP contribution < -0.4 is 5.32 Å². The zero-order valence-corrected chi connectivity index (χ0v) is 17.3. The predicted octanol–water partition coefficient (Wildman–Crippen LogP) is 2.67. The number of aliphatic carboxylic acids is 1. The summed E-state index contributed by atoms with van der Waals surface area (Å²) in [5.74, 6) is -2.23. The van der Waals surface area contributed by atoms with Crippen molar-refractivity contribution in [2.24, 2.45) is 11.3 Å². The Balaban J connectivity index is 0.000000318. The maximum Gasteiger partial charge on any atom is 0.490 e. The summed E-state index contributed by atoms with van der Waals surface area (Å²) in [6.45, 7) is 4.67. The van der Waals surface area contributed by atoms with E-state index in [4.69, 9.17) is 14.6 Å². The quantitative estimate of drug-likeness (QED) is 0.735. The number of aromatic nitrogens is 1. The van der Waals surface area contributed by atoms with Gasteiger partial charge in [-0.3, -0.25) is 9.69 Å². The molecule has 2 N–H and O–H groups in total. The largest absolute Gasteiger partial charge is 0.490 e. The molecule has 0 bridgehead atoms. The molecule has 4 rings (SSSR count). The van der Waals surface area contributed by atoms with Crippen molar-refractivity contribution < 1.29 is 32.6 Å². The first-order valence-corrected chi connectivity index (χ1v) is 10.9. The number of ether oxygens (including phenoxy) is 1. The lowest BCUT2D eigenvalue weighted by Crippen LogP contribution is -2.57. The number of hydrogen-bond acceptors (Lipinski definition) is 6. The molecular formula is C19H26F3N3O4S. The molecule has 7 nitrogen and oxygen atoms in total. The van der Waals surface area contributed by atoms with Crippen molar-refractivity contribution in [1.29, 1.82) is 0 Å². The summed E-state index contributed by atoms with van der Waals surface area (Å²) in [7, 11) is 0. The van der Waals surface area contributed by atoms with Crippen LogP contribution in [0.25, 0.3) is 0 Å². The van der Waals surface area contributed by atoms with E-state index < -0.39 is 12.1 Å². The molecule has 3 fully saturated rings. The van der Waals surface area contributed by atoms with E-state index in [1.54, 1.807) is 11.3 Å². The molecule has 1 spiro atoms. The van der Waals surface area contributed by atoms with Gasteiger partial charge >= 0.3 is 12.1 Å². The minimum atomic E-state index is -5.08. The van der Waals surface area contributed by atoms with E-state index in [1.165, 1.54) is 5.01 Å². The Bertz CT molecular complexity index is 717. The molecule has 3 heterocycles. The number of halogens is 3. The van der Waals surface area contributed by atoms with E-state index in [0.717, 1.165) is 58.3 Å². The summed E-state index contributed by atoms with van der Waals surface area (Å²) < 4.78 is 37.4. The number of nitrogens with zero attached hydrogens (tertiary/aromatic N) is 2. The van der Waals surface area contributed by atoms with E-state index >= 15 is 0 Å². The molecule has 1 amide bonds. The monoisotopic (exact) mass is 449 g/mol. The van der Waals surface area contributed by atoms with Crippen molar-refractivity contribution in [2.75, 3.05) is 26.3 Å². The van der Waals surface area contributed by atoms with Crippen LogP contribution >= 0.6 is 11.3 Å². The third kappa shape index (κ3) is 6.14. The van der Waals surface area contributed by atoms with Crippen molar-refractivity contribution in [3.05, 3.63) is 16.6 Å². The number of likely N-dealkylation sites (tertiary alicyclic amines) is 1. The zero-order valence-electron chi connectivity index (χ0n) is 16.5. The smallest absolute Gasteiger partial charge is 0.475 e. The Hall–Kier alpha value is -1.72. The highest BCUT2D eigenvalue weighted by molar-refractivity contribution is 7.09. The first-order chi connectivity index (χ1) is 14.2. The van der Waals surface area contributed by atoms with E-state index in [-0.39, 0.29) is 23.3 Å². The van der Waals surface area contributed by atoms with Gasteiger partial charge < -0.3 is 15.2 Å². The fourth-order valence-electron chi connectivity index (χ4n) is 3.93. The van der Waals surface area contributed by atoms with Gasteiger partial charge in [0.2, 0.25) is 5.91 Å². The van der Waals surface area contributed by atoms with E-state index in [2.05, 4.69) is 15.2 Å². The van der Waals surface area contributed by atoms with Gasteiger partial charge in [0, 0.05) is 24.1 Å². The number of thiazole rings is 1. The zero-order chi connectivity index (χ0) is 21.8. The van der Waals surface area contributed by atoms with Crippen molar-refractivity contribution in [3.8, 4) is 0 Å². The molecule has 11 heteroatoms. The van der Waals surface area contributed by atoms with Crippen LogP contribution in [-0.4, -0.2) is 65.4 Å². The molecule has 1 unspecified atom stereocenters. The summed E-state index contributed by atoms with van der Waals surface area (Å²) in [5.41, 5.74) is 0.238. The van der Waals surface area contributed by atoms with Crippen molar-refractivity contribution >= 4 is 23.2 Å². The summed E-state index contributed by atoms with van der Waals surface area (Å²) in [5, 5.41) is 13.7. The van der Waals surface area contributed by atoms with E-state index in [0.29, 0.717) is 6.61 Å². The van der Waals surface area contributed by atoms with Gasteiger partial charge in [0.1, 0.15) is 5.01 Å². The van der Waals surface area contributed by atoms with Crippen LogP contribution in [0, 0.1) is 11.3 Å². The third-order valence-electron chi connectivity index (χ3n) is 5.97. The number of carbonyl (C=O) groups is 2. The van der Waals surface area contributed by atoms with Gasteiger partial charge in [0.25, 0.3) is 0 Å². The second kappa shape index (κ2) is 9.61. The number of carbonyl (C=O) groups excluding carboxylic acids is 1. The highest BCUT2D eigenvalue weighted by Crippen LogP contribution is 2.42. The number of carboxylic acid groups (broad SMARTS) is 1. The lowest BCUT2D eigenvalue weighted by molar-refractivity contribution is -0.192. The van der Waals surface area contributed by atoms with Gasteiger partial charge in [-0.1, -0.05) is 0 Å². The highest BCUT2D eigenvalue weighted by Gasteiger charge is 2.45. The molecule has 3 aliphatic rings. The maximum atomic E-state index is 12.2. The van der Waals surface area contributed by atoms with Gasteiger partial charge in [-0.25, -0.2) is 9.78 Å². The Labute approximate surface area is 176 Å². The normalized spacial score (nSPS) is 24.0. The summed E-state index contributed by atoms with van der Waals surface area (Å²) >= 11 is 1.73. The molecule has 168 valence electrons. The lowest BCUT2D eigenvalue weighted by atomic mass is 9.69. The van der Waals surface area contributed by atoms with Crippen LogP contribution in [0.4, 0.5) is 13.2 Å². The van der Waals surface area contributed by atoms with Gasteiger partial charge in [-0.05, 0) is 50.6 Å². The predicted molar refractivity (Wildman–Crippen MR) is 103 cm³/mol. The minimum absolute atomic E-state index is 0.200. The van der Waals surface area contributed by atoms with Crippen LogP contribution in [0.1, 0.15) is 37.1 Å². The number of amides is 1. The SMILES string of the molecule is O=C(NC1COCCC12CCN(Cc1nccs1)CC2)C1CC1.O=C(O)C(F)(F)F. The molecule has 1 atom stereocenters. The van der Waals surface area contributed by atoms with Gasteiger partial charge in [-0.2, -0.15) is 13.2 Å². The van der Waals surface area contributed by atoms with Crippen molar-refractivity contribution in [1.82, 2.24) is 15.2 Å². The fraction of sp³-hybridized carbons (Fsp3) is 0.737. The number of rotatable bonds is 4. The molecule has 0 aromatic carbocycles. The van der Waals surface area contributed by atoms with Gasteiger partial charge in [0.15, 0.2) is 0 Å². The van der Waals surface area contributed by atoms with Crippen molar-refractivity contribution in [3.63, 3.8) is 0 Å². The third-order valence-corrected chi connectivity index (χ3v) is 6.73. The first kappa shape index (κ1) is 23.0. The molecule has 0 radical (unpaired) electrons. The lowest BCUT2D eigenvalue weighted by Gasteiger charge is -2.49. The number of alkyl halides is 3. The number of nitrogens with one attached hydrogen (secondary N) is 1. The van der Waals surface area contributed by atoms with E-state index in [9.17, 15) is 18.0 Å². The summed E-state index contributed by atoms with van der Waals surface area (Å²) in [4.78, 5) is 28.0. The number of hydrogen-bond donors (Lipinski definition) is 2. The topological polar surface area (TPSA) is 91.8 Å². The Morgan fingerprint density at radius 3 is 2.50 bits per heavy atom. The molecule has 1 aromatic rings. The van der Waals surface area contributed by atoms with Crippen LogP contribution in [0.3, 0.4) is 0 Å². The van der Waals surface area contributed by atoms with Gasteiger partial charge in [0.05, 0.1) is 19.2 Å². The second-order valence-electron chi connectivity index (χ2n) is 8.03. The second-order valence-corrected chi connectivity index (χ2v) is 9.01. The average molecular weight is 449 g/mol. The van der Waals surface area contributed by atoms with Crippen LogP contribution in [-0.2, 0) is 20.9 Å². The van der Waals surface area contributed by atoms with E-state index in [1.807, 2.05) is 11.6 Å². The minimum Gasteiger partial charge on any atom is -0.475 e. The molecule has 1 saturated carbocycles. The molecule has 2 aliphatic heterocycles. The maximum absolute atomic E-state index is 12.2. The van der Waals surface area contributed by atoms with Crippen molar-refractivity contribution in [2.45, 2.75) is 50.9 Å². The first-order valence-electron chi connectivity index (χ1n) is 9.98. The number of piperidine rings is 1.